The first-order chi connectivity index (χ1) is 16.3. The number of sulfonamides is 1. The van der Waals surface area contributed by atoms with Gasteiger partial charge in [-0.3, -0.25) is 9.10 Å². The van der Waals surface area contributed by atoms with Crippen molar-refractivity contribution in [2.45, 2.75) is 43.5 Å². The summed E-state index contributed by atoms with van der Waals surface area (Å²) < 4.78 is 32.2. The number of rotatable bonds is 7. The summed E-state index contributed by atoms with van der Waals surface area (Å²) in [4.78, 5) is 13.0. The highest BCUT2D eigenvalue weighted by atomic mass is 32.2. The van der Waals surface area contributed by atoms with E-state index in [2.05, 4.69) is 23.5 Å². The lowest BCUT2D eigenvalue weighted by atomic mass is 9.89. The predicted octanol–water partition coefficient (Wildman–Crippen LogP) is 4.89. The number of methoxy groups -OCH3 is 1. The number of ether oxygens (including phenoxy) is 1. The molecule has 3 aromatic rings. The van der Waals surface area contributed by atoms with Crippen LogP contribution in [0.2, 0.25) is 0 Å². The number of hydrogen-bond donors (Lipinski definition) is 1. The van der Waals surface area contributed by atoms with E-state index in [1.165, 1.54) is 54.6 Å². The Labute approximate surface area is 201 Å². The summed E-state index contributed by atoms with van der Waals surface area (Å²) in [7, 11) is -0.714. The molecule has 178 valence electrons. The second kappa shape index (κ2) is 9.89. The van der Waals surface area contributed by atoms with Gasteiger partial charge >= 0.3 is 0 Å². The molecule has 1 amide bonds. The zero-order valence-electron chi connectivity index (χ0n) is 19.7. The molecule has 0 saturated carbocycles. The van der Waals surface area contributed by atoms with Crippen LogP contribution < -0.4 is 14.4 Å². The first kappa shape index (κ1) is 23.8. The van der Waals surface area contributed by atoms with Crippen molar-refractivity contribution >= 4 is 21.6 Å². The SMILES string of the molecule is COc1ccc(S(=O)(=O)N(C)c2ccc(C(=O)N[C@@H](C)c3ccc4c(c3)CCCC4)cc2)cc1. The standard InChI is InChI=1S/C27H30N2O4S/c1-19(22-9-8-20-6-4-5-7-23(20)18-22)28-27(30)21-10-12-24(13-11-21)29(2)34(31,32)26-16-14-25(33-3)15-17-26/h8-19H,4-7H2,1-3H3,(H,28,30)/t19-/m0/s1. The molecule has 4 rings (SSSR count). The Bertz CT molecular complexity index is 1270. The molecule has 0 aromatic heterocycles. The number of amides is 1. The fourth-order valence-corrected chi connectivity index (χ4v) is 5.45. The molecule has 0 unspecified atom stereocenters. The zero-order chi connectivity index (χ0) is 24.3. The average molecular weight is 479 g/mol. The van der Waals surface area contributed by atoms with Crippen molar-refractivity contribution in [2.75, 3.05) is 18.5 Å². The molecule has 0 bridgehead atoms. The molecule has 0 spiro atoms. The van der Waals surface area contributed by atoms with Gasteiger partial charge in [0.2, 0.25) is 0 Å². The monoisotopic (exact) mass is 478 g/mol. The van der Waals surface area contributed by atoms with E-state index in [-0.39, 0.29) is 16.8 Å². The second-order valence-electron chi connectivity index (χ2n) is 8.63. The van der Waals surface area contributed by atoms with Crippen molar-refractivity contribution in [2.24, 2.45) is 0 Å². The number of nitrogens with zero attached hydrogens (tertiary/aromatic N) is 1. The summed E-state index contributed by atoms with van der Waals surface area (Å²) in [6, 6.07) is 19.2. The number of carbonyl (C=O) groups is 1. The minimum absolute atomic E-state index is 0.127. The van der Waals surface area contributed by atoms with Crippen molar-refractivity contribution < 1.29 is 17.9 Å². The quantitative estimate of drug-likeness (QED) is 0.525. The first-order valence-electron chi connectivity index (χ1n) is 11.4. The fourth-order valence-electron chi connectivity index (χ4n) is 4.25. The number of anilines is 1. The third-order valence-electron chi connectivity index (χ3n) is 6.43. The van der Waals surface area contributed by atoms with Gasteiger partial charge in [-0.15, -0.1) is 0 Å². The molecule has 7 heteroatoms. The fraction of sp³-hybridized carbons (Fsp3) is 0.296. The van der Waals surface area contributed by atoms with E-state index < -0.39 is 10.0 Å². The maximum Gasteiger partial charge on any atom is 0.264 e. The van der Waals surface area contributed by atoms with Gasteiger partial charge in [-0.05, 0) is 97.8 Å². The molecule has 3 aromatic carbocycles. The Balaban J connectivity index is 1.44. The van der Waals surface area contributed by atoms with E-state index in [4.69, 9.17) is 4.74 Å². The topological polar surface area (TPSA) is 75.7 Å². The molecule has 1 atom stereocenters. The van der Waals surface area contributed by atoms with Crippen molar-refractivity contribution in [3.63, 3.8) is 0 Å². The van der Waals surface area contributed by atoms with Crippen molar-refractivity contribution in [3.8, 4) is 5.75 Å². The lowest BCUT2D eigenvalue weighted by molar-refractivity contribution is 0.0940. The molecule has 1 N–H and O–H groups in total. The van der Waals surface area contributed by atoms with Gasteiger partial charge in [0.25, 0.3) is 15.9 Å². The van der Waals surface area contributed by atoms with Gasteiger partial charge in [0.1, 0.15) is 5.75 Å². The summed E-state index contributed by atoms with van der Waals surface area (Å²) in [5.74, 6) is 0.388. The molecule has 6 nitrogen and oxygen atoms in total. The molecule has 0 heterocycles. The van der Waals surface area contributed by atoms with Gasteiger partial charge in [-0.25, -0.2) is 8.42 Å². The smallest absolute Gasteiger partial charge is 0.264 e. The summed E-state index contributed by atoms with van der Waals surface area (Å²) in [5.41, 5.74) is 4.84. The number of fused-ring (bicyclic) bond motifs is 1. The van der Waals surface area contributed by atoms with Crippen LogP contribution in [0.25, 0.3) is 0 Å². The third-order valence-corrected chi connectivity index (χ3v) is 8.23. The maximum absolute atomic E-state index is 13.0. The van der Waals surface area contributed by atoms with Gasteiger partial charge in [-0.1, -0.05) is 18.2 Å². The van der Waals surface area contributed by atoms with E-state index in [9.17, 15) is 13.2 Å². The number of aryl methyl sites for hydroxylation is 2. The molecular weight excluding hydrogens is 448 g/mol. The molecule has 1 aliphatic carbocycles. The van der Waals surface area contributed by atoms with Gasteiger partial charge < -0.3 is 10.1 Å². The van der Waals surface area contributed by atoms with E-state index in [1.54, 1.807) is 36.4 Å². The van der Waals surface area contributed by atoms with E-state index in [1.807, 2.05) is 6.92 Å². The first-order valence-corrected chi connectivity index (χ1v) is 12.9. The largest absolute Gasteiger partial charge is 0.497 e. The Morgan fingerprint density at radius 2 is 1.59 bits per heavy atom. The van der Waals surface area contributed by atoms with Crippen LogP contribution >= 0.6 is 0 Å². The molecule has 1 aliphatic rings. The average Bonchev–Trinajstić information content (AvgIpc) is 2.88. The van der Waals surface area contributed by atoms with E-state index in [0.29, 0.717) is 17.0 Å². The normalized spacial score (nSPS) is 14.1. The Kier molecular flexibility index (Phi) is 6.93. The van der Waals surface area contributed by atoms with E-state index >= 15 is 0 Å². The van der Waals surface area contributed by atoms with Crippen LogP contribution in [0.5, 0.6) is 5.75 Å². The van der Waals surface area contributed by atoms with Gasteiger partial charge in [0.15, 0.2) is 0 Å². The number of carbonyl (C=O) groups excluding carboxylic acids is 1. The van der Waals surface area contributed by atoms with Crippen LogP contribution in [0.3, 0.4) is 0 Å². The van der Waals surface area contributed by atoms with Crippen molar-refractivity contribution in [1.29, 1.82) is 0 Å². The molecule has 0 aliphatic heterocycles. The molecule has 0 fully saturated rings. The van der Waals surface area contributed by atoms with Crippen molar-refractivity contribution in [3.05, 3.63) is 89.0 Å². The van der Waals surface area contributed by atoms with Crippen molar-refractivity contribution in [1.82, 2.24) is 5.32 Å². The lowest BCUT2D eigenvalue weighted by Crippen LogP contribution is -2.28. The predicted molar refractivity (Wildman–Crippen MR) is 134 cm³/mol. The lowest BCUT2D eigenvalue weighted by Gasteiger charge is -2.21. The molecule has 34 heavy (non-hydrogen) atoms. The van der Waals surface area contributed by atoms with Crippen LogP contribution in [0, 0.1) is 0 Å². The molecule has 0 saturated heterocycles. The molecular formula is C27H30N2O4S. The summed E-state index contributed by atoms with van der Waals surface area (Å²) in [5, 5.41) is 3.05. The number of benzene rings is 3. The number of nitrogens with one attached hydrogen (secondary N) is 1. The minimum Gasteiger partial charge on any atom is -0.497 e. The Hall–Kier alpha value is -3.32. The van der Waals surface area contributed by atoms with Gasteiger partial charge in [-0.2, -0.15) is 0 Å². The van der Waals surface area contributed by atoms with Crippen LogP contribution in [0.1, 0.15) is 52.9 Å². The van der Waals surface area contributed by atoms with Crippen LogP contribution in [-0.2, 0) is 22.9 Å². The van der Waals surface area contributed by atoms with Crippen LogP contribution in [-0.4, -0.2) is 28.5 Å². The van der Waals surface area contributed by atoms with Crippen LogP contribution in [0.15, 0.2) is 71.6 Å². The summed E-state index contributed by atoms with van der Waals surface area (Å²) >= 11 is 0. The number of hydrogen-bond acceptors (Lipinski definition) is 4. The zero-order valence-corrected chi connectivity index (χ0v) is 20.6. The minimum atomic E-state index is -3.74. The highest BCUT2D eigenvalue weighted by Crippen LogP contribution is 2.26. The molecule has 0 radical (unpaired) electrons. The Morgan fingerprint density at radius 3 is 2.24 bits per heavy atom. The van der Waals surface area contributed by atoms with Gasteiger partial charge in [0.05, 0.1) is 23.7 Å². The Morgan fingerprint density at radius 1 is 0.941 bits per heavy atom. The van der Waals surface area contributed by atoms with Gasteiger partial charge in [0, 0.05) is 12.6 Å². The second-order valence-corrected chi connectivity index (χ2v) is 10.6. The summed E-state index contributed by atoms with van der Waals surface area (Å²) in [6.07, 6.45) is 4.68. The van der Waals surface area contributed by atoms with E-state index in [0.717, 1.165) is 18.4 Å². The summed E-state index contributed by atoms with van der Waals surface area (Å²) in [6.45, 7) is 1.98. The highest BCUT2D eigenvalue weighted by molar-refractivity contribution is 7.92. The maximum atomic E-state index is 13.0. The third kappa shape index (κ3) is 4.94. The highest BCUT2D eigenvalue weighted by Gasteiger charge is 2.22. The van der Waals surface area contributed by atoms with Crippen LogP contribution in [0.4, 0.5) is 5.69 Å².